The Kier molecular flexibility index (Phi) is 6.56. The highest BCUT2D eigenvalue weighted by molar-refractivity contribution is 6.74. The number of allylic oxidation sites excluding steroid dienone is 1. The number of ether oxygens (including phenoxy) is 1. The molecule has 3 nitrogen and oxygen atoms in total. The van der Waals surface area contributed by atoms with Gasteiger partial charge in [0.05, 0.1) is 11.7 Å². The summed E-state index contributed by atoms with van der Waals surface area (Å²) in [7, 11) is -1.71. The third kappa shape index (κ3) is 5.13. The van der Waals surface area contributed by atoms with E-state index in [4.69, 9.17) is 9.16 Å². The Hall–Kier alpha value is -0.453. The zero-order valence-electron chi connectivity index (χ0n) is 19.3. The van der Waals surface area contributed by atoms with Gasteiger partial charge in [-0.2, -0.15) is 0 Å². The van der Waals surface area contributed by atoms with Gasteiger partial charge in [0.15, 0.2) is 14.1 Å². The van der Waals surface area contributed by atoms with E-state index in [1.807, 2.05) is 0 Å². The molecule has 2 atom stereocenters. The lowest BCUT2D eigenvalue weighted by Gasteiger charge is -2.40. The molecule has 2 aliphatic carbocycles. The van der Waals surface area contributed by atoms with Crippen LogP contribution in [0.4, 0.5) is 0 Å². The summed E-state index contributed by atoms with van der Waals surface area (Å²) in [6, 6.07) is 0. The van der Waals surface area contributed by atoms with Gasteiger partial charge in [-0.3, -0.25) is 4.79 Å². The largest absolute Gasteiger partial charge is 0.417 e. The number of rotatable bonds is 6. The van der Waals surface area contributed by atoms with E-state index in [-0.39, 0.29) is 22.2 Å². The molecule has 0 N–H and O–H groups in total. The van der Waals surface area contributed by atoms with Gasteiger partial charge in [-0.15, -0.1) is 0 Å². The van der Waals surface area contributed by atoms with E-state index in [2.05, 4.69) is 61.6 Å². The first-order valence-electron chi connectivity index (χ1n) is 10.7. The molecule has 0 aromatic heterocycles. The minimum atomic E-state index is -1.71. The number of ketones is 1. The molecule has 0 radical (unpaired) electrons. The maximum absolute atomic E-state index is 12.7. The van der Waals surface area contributed by atoms with Crippen molar-refractivity contribution >= 4 is 14.1 Å². The maximum Gasteiger partial charge on any atom is 0.191 e. The summed E-state index contributed by atoms with van der Waals surface area (Å²) >= 11 is 0. The molecule has 0 spiro atoms. The van der Waals surface area contributed by atoms with Crippen molar-refractivity contribution in [1.29, 1.82) is 0 Å². The molecular weight excluding hydrogens is 352 g/mol. The van der Waals surface area contributed by atoms with Crippen LogP contribution in [-0.4, -0.2) is 32.4 Å². The molecule has 1 fully saturated rings. The van der Waals surface area contributed by atoms with Crippen LogP contribution in [-0.2, 0) is 14.0 Å². The second-order valence-electron chi connectivity index (χ2n) is 11.3. The van der Waals surface area contributed by atoms with Crippen molar-refractivity contribution in [2.75, 3.05) is 6.61 Å². The minimum Gasteiger partial charge on any atom is -0.417 e. The van der Waals surface area contributed by atoms with Crippen molar-refractivity contribution < 1.29 is 14.0 Å². The molecule has 27 heavy (non-hydrogen) atoms. The van der Waals surface area contributed by atoms with Gasteiger partial charge in [-0.25, -0.2) is 0 Å². The van der Waals surface area contributed by atoms with Crippen molar-refractivity contribution in [1.82, 2.24) is 0 Å². The van der Waals surface area contributed by atoms with Crippen molar-refractivity contribution in [2.24, 2.45) is 5.41 Å². The van der Waals surface area contributed by atoms with Gasteiger partial charge < -0.3 is 9.16 Å². The summed E-state index contributed by atoms with van der Waals surface area (Å²) in [5, 5.41) is 0.233. The molecule has 1 saturated carbocycles. The van der Waals surface area contributed by atoms with Crippen LogP contribution in [0.3, 0.4) is 0 Å². The summed E-state index contributed by atoms with van der Waals surface area (Å²) < 4.78 is 12.7. The van der Waals surface area contributed by atoms with Gasteiger partial charge in [0.1, 0.15) is 0 Å². The van der Waals surface area contributed by atoms with Gasteiger partial charge in [0.25, 0.3) is 0 Å². The van der Waals surface area contributed by atoms with Crippen LogP contribution in [0.25, 0.3) is 0 Å². The van der Waals surface area contributed by atoms with Crippen molar-refractivity contribution in [3.05, 3.63) is 11.1 Å². The van der Waals surface area contributed by atoms with Crippen LogP contribution in [0, 0.1) is 5.41 Å². The third-order valence-corrected chi connectivity index (χ3v) is 11.5. The monoisotopic (exact) mass is 394 g/mol. The Morgan fingerprint density at radius 1 is 1.11 bits per heavy atom. The Bertz CT molecular complexity index is 592. The van der Waals surface area contributed by atoms with E-state index in [9.17, 15) is 4.79 Å². The molecule has 156 valence electrons. The van der Waals surface area contributed by atoms with E-state index in [1.165, 1.54) is 5.57 Å². The lowest BCUT2D eigenvalue weighted by Crippen LogP contribution is -2.41. The highest BCUT2D eigenvalue weighted by Crippen LogP contribution is 2.53. The van der Waals surface area contributed by atoms with Crippen molar-refractivity contribution in [2.45, 2.75) is 117 Å². The van der Waals surface area contributed by atoms with Crippen LogP contribution in [0.2, 0.25) is 18.1 Å². The van der Waals surface area contributed by atoms with E-state index in [1.54, 1.807) is 0 Å². The molecule has 2 rings (SSSR count). The van der Waals surface area contributed by atoms with Gasteiger partial charge in [-0.1, -0.05) is 33.3 Å². The molecule has 0 unspecified atom stereocenters. The standard InChI is InChI=1S/C23H42O3Si/c1-21(2,3)26-20-13-12-18-17(19(24)14-15-23(18,20)7)11-10-16-25-27(8,9)22(4,5)6/h20H,10-16H2,1-9H3/t20-,23-/m0/s1. The first kappa shape index (κ1) is 22.8. The normalized spacial score (nSPS) is 27.3. The summed E-state index contributed by atoms with van der Waals surface area (Å²) in [6.07, 6.45) is 5.70. The predicted molar refractivity (Wildman–Crippen MR) is 116 cm³/mol. The quantitative estimate of drug-likeness (QED) is 0.384. The Morgan fingerprint density at radius 3 is 2.30 bits per heavy atom. The zero-order chi connectivity index (χ0) is 20.7. The van der Waals surface area contributed by atoms with Crippen molar-refractivity contribution in [3.8, 4) is 0 Å². The van der Waals surface area contributed by atoms with Gasteiger partial charge in [-0.05, 0) is 76.6 Å². The molecule has 0 aliphatic heterocycles. The molecule has 4 heteroatoms. The van der Waals surface area contributed by atoms with E-state index < -0.39 is 8.32 Å². The maximum atomic E-state index is 12.7. The fourth-order valence-corrected chi connectivity index (χ4v) is 5.36. The Morgan fingerprint density at radius 2 is 1.74 bits per heavy atom. The summed E-state index contributed by atoms with van der Waals surface area (Å²) in [5.41, 5.74) is 2.39. The fourth-order valence-electron chi connectivity index (χ4n) is 4.27. The first-order valence-corrected chi connectivity index (χ1v) is 13.7. The van der Waals surface area contributed by atoms with Crippen LogP contribution in [0.5, 0.6) is 0 Å². The van der Waals surface area contributed by atoms with Crippen LogP contribution < -0.4 is 0 Å². The number of hydrogen-bond donors (Lipinski definition) is 0. The average Bonchev–Trinajstić information content (AvgIpc) is 2.80. The molecule has 0 saturated heterocycles. The number of fused-ring (bicyclic) bond motifs is 1. The lowest BCUT2D eigenvalue weighted by molar-refractivity contribution is -0.120. The lowest BCUT2D eigenvalue weighted by atomic mass is 9.70. The molecule has 0 amide bonds. The van der Waals surface area contributed by atoms with Gasteiger partial charge in [0, 0.05) is 18.4 Å². The highest BCUT2D eigenvalue weighted by Gasteiger charge is 2.49. The minimum absolute atomic E-state index is 0.0385. The summed E-state index contributed by atoms with van der Waals surface area (Å²) in [5.74, 6) is 0.367. The van der Waals surface area contributed by atoms with Crippen LogP contribution >= 0.6 is 0 Å². The second-order valence-corrected chi connectivity index (χ2v) is 16.1. The number of carbonyl (C=O) groups excluding carboxylic acids is 1. The molecule has 0 bridgehead atoms. The first-order chi connectivity index (χ1) is 12.2. The number of carbonyl (C=O) groups is 1. The third-order valence-electron chi connectivity index (χ3n) is 6.96. The summed E-state index contributed by atoms with van der Waals surface area (Å²) in [6.45, 7) is 20.9. The topological polar surface area (TPSA) is 35.5 Å². The Balaban J connectivity index is 2.06. The Labute approximate surface area is 168 Å². The van der Waals surface area contributed by atoms with E-state index in [0.29, 0.717) is 12.2 Å². The zero-order valence-corrected chi connectivity index (χ0v) is 20.3. The highest BCUT2D eigenvalue weighted by atomic mass is 28.4. The van der Waals surface area contributed by atoms with Gasteiger partial charge in [0.2, 0.25) is 0 Å². The summed E-state index contributed by atoms with van der Waals surface area (Å²) in [4.78, 5) is 12.7. The van der Waals surface area contributed by atoms with Gasteiger partial charge >= 0.3 is 0 Å². The number of hydrogen-bond acceptors (Lipinski definition) is 3. The molecule has 2 aliphatic rings. The van der Waals surface area contributed by atoms with Crippen molar-refractivity contribution in [3.63, 3.8) is 0 Å². The molecule has 0 aromatic rings. The molecule has 0 aromatic carbocycles. The second kappa shape index (κ2) is 7.76. The number of Topliss-reactive ketones (excluding diaryl/α,β-unsaturated/α-hetero) is 1. The van der Waals surface area contributed by atoms with E-state index in [0.717, 1.165) is 44.3 Å². The smallest absolute Gasteiger partial charge is 0.191 e. The van der Waals surface area contributed by atoms with E-state index >= 15 is 0 Å². The fraction of sp³-hybridized carbons (Fsp3) is 0.870. The van der Waals surface area contributed by atoms with Crippen LogP contribution in [0.1, 0.15) is 87.0 Å². The molecule has 0 heterocycles. The predicted octanol–water partition coefficient (Wildman–Crippen LogP) is 6.43. The SMILES string of the molecule is CC(C)(C)O[C@H]1CCC2=C(CCCO[Si](C)(C)C(C)(C)C)C(=O)CC[C@@]21C. The average molecular weight is 395 g/mol. The molecular formula is C23H42O3Si. The van der Waals surface area contributed by atoms with Crippen LogP contribution in [0.15, 0.2) is 11.1 Å².